The van der Waals surface area contributed by atoms with Gasteiger partial charge in [0.2, 0.25) is 0 Å². The zero-order valence-corrected chi connectivity index (χ0v) is 42.3. The Morgan fingerprint density at radius 2 is 0.565 bits per heavy atom. The Balaban J connectivity index is 4.25. The molecule has 0 aliphatic rings. The molecular formula is C56H108O6. The highest BCUT2D eigenvalue weighted by atomic mass is 16.6. The monoisotopic (exact) mass is 877 g/mol. The molecule has 0 bridgehead atoms. The van der Waals surface area contributed by atoms with Gasteiger partial charge in [-0.2, -0.15) is 0 Å². The molecule has 0 aliphatic heterocycles. The summed E-state index contributed by atoms with van der Waals surface area (Å²) in [4.78, 5) is 38.0. The van der Waals surface area contributed by atoms with Crippen LogP contribution in [0.3, 0.4) is 0 Å². The first-order chi connectivity index (χ1) is 30.4. The molecular weight excluding hydrogens is 769 g/mol. The molecule has 0 saturated carbocycles. The van der Waals surface area contributed by atoms with Crippen molar-refractivity contribution in [3.63, 3.8) is 0 Å². The van der Waals surface area contributed by atoms with Crippen molar-refractivity contribution in [3.8, 4) is 0 Å². The van der Waals surface area contributed by atoms with Gasteiger partial charge in [0.15, 0.2) is 6.10 Å². The van der Waals surface area contributed by atoms with Crippen molar-refractivity contribution in [1.29, 1.82) is 0 Å². The van der Waals surface area contributed by atoms with Gasteiger partial charge in [0.1, 0.15) is 13.2 Å². The molecule has 368 valence electrons. The van der Waals surface area contributed by atoms with Crippen LogP contribution < -0.4 is 0 Å². The van der Waals surface area contributed by atoms with E-state index in [4.69, 9.17) is 14.2 Å². The smallest absolute Gasteiger partial charge is 0.306 e. The zero-order valence-electron chi connectivity index (χ0n) is 42.3. The Labute approximate surface area is 387 Å². The molecule has 0 aromatic rings. The molecule has 0 N–H and O–H groups in total. The molecule has 0 aromatic carbocycles. The quantitative estimate of drug-likeness (QED) is 0.0344. The van der Waals surface area contributed by atoms with Gasteiger partial charge in [-0.25, -0.2) is 0 Å². The molecule has 0 radical (unpaired) electrons. The summed E-state index contributed by atoms with van der Waals surface area (Å²) in [5.74, 6) is 0.0569. The van der Waals surface area contributed by atoms with Crippen LogP contribution in [0.5, 0.6) is 0 Å². The van der Waals surface area contributed by atoms with Crippen LogP contribution >= 0.6 is 0 Å². The Hall–Kier alpha value is -1.59. The highest BCUT2D eigenvalue weighted by Gasteiger charge is 2.19. The maximum atomic E-state index is 12.8. The van der Waals surface area contributed by atoms with E-state index in [0.29, 0.717) is 19.3 Å². The number of hydrogen-bond acceptors (Lipinski definition) is 6. The minimum absolute atomic E-state index is 0.0621. The number of rotatable bonds is 51. The van der Waals surface area contributed by atoms with E-state index in [0.717, 1.165) is 63.7 Å². The normalized spacial score (nSPS) is 12.4. The minimum Gasteiger partial charge on any atom is -0.462 e. The molecule has 0 amide bonds. The Morgan fingerprint density at radius 1 is 0.323 bits per heavy atom. The maximum absolute atomic E-state index is 12.8. The summed E-state index contributed by atoms with van der Waals surface area (Å²) < 4.78 is 16.8. The van der Waals surface area contributed by atoms with Crippen LogP contribution in [-0.2, 0) is 28.6 Å². The lowest BCUT2D eigenvalue weighted by molar-refractivity contribution is -0.167. The average Bonchev–Trinajstić information content (AvgIpc) is 3.27. The van der Waals surface area contributed by atoms with E-state index >= 15 is 0 Å². The van der Waals surface area contributed by atoms with Crippen molar-refractivity contribution in [3.05, 3.63) is 0 Å². The van der Waals surface area contributed by atoms with Gasteiger partial charge in [0, 0.05) is 19.3 Å². The molecule has 0 fully saturated rings. The van der Waals surface area contributed by atoms with Crippen molar-refractivity contribution in [2.24, 2.45) is 5.92 Å². The van der Waals surface area contributed by atoms with Crippen LogP contribution in [0.4, 0.5) is 0 Å². The van der Waals surface area contributed by atoms with Crippen LogP contribution in [0.25, 0.3) is 0 Å². The minimum atomic E-state index is -0.761. The van der Waals surface area contributed by atoms with Crippen molar-refractivity contribution in [2.45, 2.75) is 323 Å². The highest BCUT2D eigenvalue weighted by molar-refractivity contribution is 5.71. The second-order valence-corrected chi connectivity index (χ2v) is 19.5. The first-order valence-corrected chi connectivity index (χ1v) is 27.9. The van der Waals surface area contributed by atoms with Gasteiger partial charge in [0.05, 0.1) is 0 Å². The Morgan fingerprint density at radius 3 is 0.839 bits per heavy atom. The van der Waals surface area contributed by atoms with Gasteiger partial charge in [0.25, 0.3) is 0 Å². The maximum Gasteiger partial charge on any atom is 0.306 e. The van der Waals surface area contributed by atoms with Crippen molar-refractivity contribution < 1.29 is 28.6 Å². The fourth-order valence-electron chi connectivity index (χ4n) is 8.54. The molecule has 0 aliphatic carbocycles. The van der Waals surface area contributed by atoms with Crippen molar-refractivity contribution in [2.75, 3.05) is 13.2 Å². The molecule has 62 heavy (non-hydrogen) atoms. The molecule has 0 rings (SSSR count). The predicted octanol–water partition coefficient (Wildman–Crippen LogP) is 18.2. The molecule has 0 spiro atoms. The Bertz CT molecular complexity index is 935. The molecule has 2 atom stereocenters. The second kappa shape index (κ2) is 50.4. The molecule has 0 heterocycles. The van der Waals surface area contributed by atoms with E-state index in [2.05, 4.69) is 27.7 Å². The number of carbonyl (C=O) groups excluding carboxylic acids is 3. The predicted molar refractivity (Wildman–Crippen MR) is 266 cm³/mol. The van der Waals surface area contributed by atoms with E-state index in [1.807, 2.05) is 0 Å². The van der Waals surface area contributed by atoms with E-state index in [-0.39, 0.29) is 31.1 Å². The lowest BCUT2D eigenvalue weighted by Crippen LogP contribution is -2.30. The van der Waals surface area contributed by atoms with E-state index < -0.39 is 6.10 Å². The standard InChI is InChI=1S/C56H108O6/c1-5-8-10-12-14-16-18-19-20-24-28-31-35-39-43-47-54(57)60-50-53(62-56(59)49-45-41-37-33-26-17-15-13-11-9-6-2)51-61-55(58)48-44-40-36-32-29-25-22-21-23-27-30-34-38-42-46-52(4)7-3/h52-53H,5-51H2,1-4H3/t52?,53-/m0/s1. The van der Waals surface area contributed by atoms with Crippen molar-refractivity contribution in [1.82, 2.24) is 0 Å². The molecule has 0 aromatic heterocycles. The van der Waals surface area contributed by atoms with Crippen LogP contribution in [0.15, 0.2) is 0 Å². The summed E-state index contributed by atoms with van der Waals surface area (Å²) in [6.07, 6.45) is 53.7. The fourth-order valence-corrected chi connectivity index (χ4v) is 8.54. The summed E-state index contributed by atoms with van der Waals surface area (Å²) in [7, 11) is 0. The summed E-state index contributed by atoms with van der Waals surface area (Å²) >= 11 is 0. The van der Waals surface area contributed by atoms with Crippen LogP contribution in [0.1, 0.15) is 317 Å². The molecule has 6 nitrogen and oxygen atoms in total. The van der Waals surface area contributed by atoms with Crippen molar-refractivity contribution >= 4 is 17.9 Å². The number of hydrogen-bond donors (Lipinski definition) is 0. The number of unbranched alkanes of at least 4 members (excludes halogenated alkanes) is 37. The number of ether oxygens (including phenoxy) is 3. The highest BCUT2D eigenvalue weighted by Crippen LogP contribution is 2.18. The van der Waals surface area contributed by atoms with Crippen LogP contribution in [0, 0.1) is 5.92 Å². The first kappa shape index (κ1) is 60.4. The zero-order chi connectivity index (χ0) is 45.2. The molecule has 1 unspecified atom stereocenters. The second-order valence-electron chi connectivity index (χ2n) is 19.5. The van der Waals surface area contributed by atoms with Crippen LogP contribution in [-0.4, -0.2) is 37.2 Å². The molecule has 0 saturated heterocycles. The number of esters is 3. The Kier molecular flexibility index (Phi) is 49.1. The van der Waals surface area contributed by atoms with Gasteiger partial charge < -0.3 is 14.2 Å². The SMILES string of the molecule is CCCCCCCCCCCCCCCCCC(=O)OC[C@@H](COC(=O)CCCCCCCCCCCCCCCCC(C)CC)OC(=O)CCCCCCCCCCCCC. The van der Waals surface area contributed by atoms with E-state index in [1.54, 1.807) is 0 Å². The van der Waals surface area contributed by atoms with E-state index in [1.165, 1.54) is 212 Å². The molecule has 6 heteroatoms. The third-order valence-corrected chi connectivity index (χ3v) is 13.2. The average molecular weight is 877 g/mol. The van der Waals surface area contributed by atoms with Gasteiger partial charge >= 0.3 is 17.9 Å². The first-order valence-electron chi connectivity index (χ1n) is 27.9. The summed E-state index contributed by atoms with van der Waals surface area (Å²) in [5.41, 5.74) is 0. The van der Waals surface area contributed by atoms with Crippen LogP contribution in [0.2, 0.25) is 0 Å². The fraction of sp³-hybridized carbons (Fsp3) is 0.946. The lowest BCUT2D eigenvalue weighted by atomic mass is 9.99. The summed E-state index contributed by atoms with van der Waals surface area (Å²) in [6.45, 7) is 9.08. The number of carbonyl (C=O) groups is 3. The van der Waals surface area contributed by atoms with Gasteiger partial charge in [-0.3, -0.25) is 14.4 Å². The topological polar surface area (TPSA) is 78.9 Å². The van der Waals surface area contributed by atoms with Gasteiger partial charge in [-0.05, 0) is 25.2 Å². The lowest BCUT2D eigenvalue weighted by Gasteiger charge is -2.18. The third kappa shape index (κ3) is 47.9. The van der Waals surface area contributed by atoms with Gasteiger partial charge in [-0.1, -0.05) is 278 Å². The third-order valence-electron chi connectivity index (χ3n) is 13.2. The van der Waals surface area contributed by atoms with Gasteiger partial charge in [-0.15, -0.1) is 0 Å². The largest absolute Gasteiger partial charge is 0.462 e. The summed E-state index contributed by atoms with van der Waals surface area (Å²) in [6, 6.07) is 0. The van der Waals surface area contributed by atoms with E-state index in [9.17, 15) is 14.4 Å². The summed E-state index contributed by atoms with van der Waals surface area (Å²) in [5, 5.41) is 0.